The Morgan fingerprint density at radius 3 is 2.79 bits per heavy atom. The zero-order valence-electron chi connectivity index (χ0n) is 10.0. The van der Waals surface area contributed by atoms with Gasteiger partial charge >= 0.3 is 0 Å². The number of fused-ring (bicyclic) bond motifs is 1. The van der Waals surface area contributed by atoms with Gasteiger partial charge < -0.3 is 9.84 Å². The Kier molecular flexibility index (Phi) is 3.17. The summed E-state index contributed by atoms with van der Waals surface area (Å²) in [5, 5.41) is 10.6. The molecular weight excluding hydrogens is 267 g/mol. The van der Waals surface area contributed by atoms with E-state index in [4.69, 9.17) is 16.3 Å². The van der Waals surface area contributed by atoms with Crippen molar-refractivity contribution in [1.29, 1.82) is 0 Å². The molecule has 0 amide bonds. The number of rotatable bonds is 1. The van der Waals surface area contributed by atoms with Crippen LogP contribution in [0.2, 0.25) is 5.02 Å². The largest absolute Gasteiger partial charge is 0.485 e. The van der Waals surface area contributed by atoms with Gasteiger partial charge in [0.2, 0.25) is 0 Å². The summed E-state index contributed by atoms with van der Waals surface area (Å²) in [6, 6.07) is 11.6. The van der Waals surface area contributed by atoms with Gasteiger partial charge in [-0.15, -0.1) is 0 Å². The number of hydrogen-bond donors (Lipinski definition) is 1. The van der Waals surface area contributed by atoms with Gasteiger partial charge in [-0.1, -0.05) is 29.8 Å². The van der Waals surface area contributed by atoms with E-state index in [0.29, 0.717) is 22.8 Å². The first kappa shape index (κ1) is 12.5. The smallest absolute Gasteiger partial charge is 0.130 e. The highest BCUT2D eigenvalue weighted by atomic mass is 35.5. The molecule has 0 aliphatic carbocycles. The second-order valence-electron chi connectivity index (χ2n) is 4.56. The molecule has 1 heterocycles. The van der Waals surface area contributed by atoms with Crippen LogP contribution in [-0.2, 0) is 0 Å². The summed E-state index contributed by atoms with van der Waals surface area (Å²) in [5.41, 5.74) is 1.11. The van der Waals surface area contributed by atoms with Gasteiger partial charge in [0.25, 0.3) is 0 Å². The normalized spacial score (nSPS) is 21.6. The molecule has 2 aromatic rings. The summed E-state index contributed by atoms with van der Waals surface area (Å²) in [6.07, 6.45) is -0.870. The van der Waals surface area contributed by atoms with Gasteiger partial charge in [0, 0.05) is 22.6 Å². The van der Waals surface area contributed by atoms with E-state index in [9.17, 15) is 9.50 Å². The van der Waals surface area contributed by atoms with Gasteiger partial charge in [-0.25, -0.2) is 4.39 Å². The molecule has 2 atom stereocenters. The molecule has 0 spiro atoms. The van der Waals surface area contributed by atoms with Crippen LogP contribution in [0.3, 0.4) is 0 Å². The molecule has 98 valence electrons. The third-order valence-electron chi connectivity index (χ3n) is 3.29. The first-order valence-electron chi connectivity index (χ1n) is 6.04. The molecule has 1 aliphatic rings. The van der Waals surface area contributed by atoms with Gasteiger partial charge in [0.05, 0.1) is 6.10 Å². The number of halogens is 2. The third-order valence-corrected chi connectivity index (χ3v) is 3.52. The average Bonchev–Trinajstić information content (AvgIpc) is 2.41. The van der Waals surface area contributed by atoms with Crippen molar-refractivity contribution >= 4 is 11.6 Å². The summed E-state index contributed by atoms with van der Waals surface area (Å²) in [7, 11) is 0. The lowest BCUT2D eigenvalue weighted by atomic mass is 9.95. The zero-order valence-corrected chi connectivity index (χ0v) is 10.8. The number of aliphatic hydroxyl groups excluding tert-OH is 1. The van der Waals surface area contributed by atoms with E-state index in [2.05, 4.69) is 0 Å². The molecule has 2 aromatic carbocycles. The Balaban J connectivity index is 1.99. The average molecular weight is 279 g/mol. The molecule has 1 aliphatic heterocycles. The monoisotopic (exact) mass is 278 g/mol. The van der Waals surface area contributed by atoms with Crippen LogP contribution in [0.15, 0.2) is 42.5 Å². The molecule has 0 saturated heterocycles. The summed E-state index contributed by atoms with van der Waals surface area (Å²) in [6.45, 7) is 0. The predicted octanol–water partition coefficient (Wildman–Crippen LogP) is 4.04. The molecule has 1 N–H and O–H groups in total. The number of ether oxygens (including phenoxy) is 1. The third kappa shape index (κ3) is 2.31. The summed E-state index contributed by atoms with van der Waals surface area (Å²) in [4.78, 5) is 0. The van der Waals surface area contributed by atoms with Crippen LogP contribution < -0.4 is 4.74 Å². The second kappa shape index (κ2) is 4.83. The van der Waals surface area contributed by atoms with E-state index in [1.54, 1.807) is 12.1 Å². The Morgan fingerprint density at radius 2 is 1.95 bits per heavy atom. The molecule has 4 heteroatoms. The van der Waals surface area contributed by atoms with Gasteiger partial charge in [-0.2, -0.15) is 0 Å². The van der Waals surface area contributed by atoms with Crippen molar-refractivity contribution in [3.8, 4) is 5.75 Å². The number of benzene rings is 2. The first-order valence-corrected chi connectivity index (χ1v) is 6.41. The van der Waals surface area contributed by atoms with E-state index < -0.39 is 12.2 Å². The van der Waals surface area contributed by atoms with Crippen molar-refractivity contribution in [1.82, 2.24) is 0 Å². The highest BCUT2D eigenvalue weighted by Crippen LogP contribution is 2.41. The first-order chi connectivity index (χ1) is 9.15. The van der Waals surface area contributed by atoms with Crippen LogP contribution in [0.4, 0.5) is 4.39 Å². The minimum Gasteiger partial charge on any atom is -0.485 e. The Morgan fingerprint density at radius 1 is 1.16 bits per heavy atom. The van der Waals surface area contributed by atoms with E-state index in [-0.39, 0.29) is 5.82 Å². The topological polar surface area (TPSA) is 29.5 Å². The maximum absolute atomic E-state index is 13.8. The van der Waals surface area contributed by atoms with Gasteiger partial charge in [-0.3, -0.25) is 0 Å². The predicted molar refractivity (Wildman–Crippen MR) is 70.8 cm³/mol. The van der Waals surface area contributed by atoms with Crippen LogP contribution in [0, 0.1) is 5.82 Å². The number of para-hydroxylation sites is 1. The van der Waals surface area contributed by atoms with E-state index in [0.717, 1.165) is 5.56 Å². The van der Waals surface area contributed by atoms with Gasteiger partial charge in [-0.05, 0) is 24.3 Å². The van der Waals surface area contributed by atoms with Crippen molar-refractivity contribution < 1.29 is 14.2 Å². The Bertz CT molecular complexity index is 615. The quantitative estimate of drug-likeness (QED) is 0.853. The fraction of sp³-hybridized carbons (Fsp3) is 0.200. The fourth-order valence-electron chi connectivity index (χ4n) is 2.35. The lowest BCUT2D eigenvalue weighted by Gasteiger charge is -2.30. The summed E-state index contributed by atoms with van der Waals surface area (Å²) < 4.78 is 19.6. The van der Waals surface area contributed by atoms with Gasteiger partial charge in [0.15, 0.2) is 0 Å². The van der Waals surface area contributed by atoms with Crippen LogP contribution in [0.25, 0.3) is 0 Å². The maximum atomic E-state index is 13.8. The minimum atomic E-state index is -0.659. The van der Waals surface area contributed by atoms with Crippen molar-refractivity contribution in [2.24, 2.45) is 0 Å². The fourth-order valence-corrected chi connectivity index (χ4v) is 2.53. The molecule has 0 aromatic heterocycles. The highest BCUT2D eigenvalue weighted by Gasteiger charge is 2.29. The Labute approximate surface area is 115 Å². The summed E-state index contributed by atoms with van der Waals surface area (Å²) >= 11 is 5.89. The maximum Gasteiger partial charge on any atom is 0.130 e. The van der Waals surface area contributed by atoms with E-state index in [1.165, 1.54) is 12.1 Å². The van der Waals surface area contributed by atoms with Crippen LogP contribution in [0.5, 0.6) is 5.75 Å². The van der Waals surface area contributed by atoms with E-state index in [1.807, 2.05) is 18.2 Å². The lowest BCUT2D eigenvalue weighted by Crippen LogP contribution is -2.19. The van der Waals surface area contributed by atoms with Crippen molar-refractivity contribution in [2.45, 2.75) is 18.6 Å². The standard InChI is InChI=1S/C15H12ClFO2/c16-9-5-6-12(17)11(7-9)15-8-13(18)10-3-1-2-4-14(10)19-15/h1-7,13,15,18H,8H2. The molecule has 0 radical (unpaired) electrons. The number of aliphatic hydroxyl groups is 1. The van der Waals surface area contributed by atoms with Crippen LogP contribution in [0.1, 0.15) is 29.8 Å². The molecule has 3 rings (SSSR count). The molecule has 0 bridgehead atoms. The Hall–Kier alpha value is -1.58. The highest BCUT2D eigenvalue weighted by molar-refractivity contribution is 6.30. The van der Waals surface area contributed by atoms with Gasteiger partial charge in [0.1, 0.15) is 17.7 Å². The van der Waals surface area contributed by atoms with Crippen molar-refractivity contribution in [2.75, 3.05) is 0 Å². The SMILES string of the molecule is OC1CC(c2cc(Cl)ccc2F)Oc2ccccc21. The molecule has 2 nitrogen and oxygen atoms in total. The molecule has 19 heavy (non-hydrogen) atoms. The molecule has 0 saturated carbocycles. The number of hydrogen-bond acceptors (Lipinski definition) is 2. The zero-order chi connectivity index (χ0) is 13.4. The van der Waals surface area contributed by atoms with Crippen LogP contribution in [-0.4, -0.2) is 5.11 Å². The molecule has 2 unspecified atom stereocenters. The van der Waals surface area contributed by atoms with E-state index >= 15 is 0 Å². The second-order valence-corrected chi connectivity index (χ2v) is 5.00. The molecule has 0 fully saturated rings. The van der Waals surface area contributed by atoms with Crippen molar-refractivity contribution in [3.05, 3.63) is 64.4 Å². The molecular formula is C15H12ClFO2. The summed E-state index contributed by atoms with van der Waals surface area (Å²) in [5.74, 6) is 0.214. The lowest BCUT2D eigenvalue weighted by molar-refractivity contribution is 0.0640. The minimum absolute atomic E-state index is 0.314. The van der Waals surface area contributed by atoms with Crippen LogP contribution >= 0.6 is 11.6 Å². The van der Waals surface area contributed by atoms with Crippen molar-refractivity contribution in [3.63, 3.8) is 0 Å².